The Balaban J connectivity index is 2.21. The molecule has 0 saturated carbocycles. The van der Waals surface area contributed by atoms with Crippen LogP contribution in [0.3, 0.4) is 0 Å². The first-order chi connectivity index (χ1) is 10.9. The van der Waals surface area contributed by atoms with Gasteiger partial charge in [0.2, 0.25) is 0 Å². The van der Waals surface area contributed by atoms with Crippen molar-refractivity contribution < 1.29 is 4.39 Å². The molecule has 23 heavy (non-hydrogen) atoms. The van der Waals surface area contributed by atoms with Crippen molar-refractivity contribution in [2.75, 3.05) is 0 Å². The average molecular weight is 330 g/mol. The molecule has 2 aromatic heterocycles. The smallest absolute Gasteiger partial charge is 0.127 e. The highest BCUT2D eigenvalue weighted by atomic mass is 32.1. The maximum absolute atomic E-state index is 13.3. The van der Waals surface area contributed by atoms with Gasteiger partial charge in [-0.3, -0.25) is 4.68 Å². The summed E-state index contributed by atoms with van der Waals surface area (Å²) < 4.78 is 15.2. The van der Waals surface area contributed by atoms with Gasteiger partial charge in [-0.25, -0.2) is 9.37 Å². The summed E-state index contributed by atoms with van der Waals surface area (Å²) in [6.07, 6.45) is 1.82. The molecule has 4 nitrogen and oxygen atoms in total. The minimum atomic E-state index is -0.253. The topological polar surface area (TPSA) is 56.7 Å². The maximum atomic E-state index is 13.3. The number of hydrogen-bond donors (Lipinski definition) is 1. The van der Waals surface area contributed by atoms with E-state index >= 15 is 0 Å². The fourth-order valence-corrected chi connectivity index (χ4v) is 3.27. The van der Waals surface area contributed by atoms with Gasteiger partial charge in [0.15, 0.2) is 0 Å². The highest BCUT2D eigenvalue weighted by molar-refractivity contribution is 7.13. The lowest BCUT2D eigenvalue weighted by Gasteiger charge is -2.23. The van der Waals surface area contributed by atoms with E-state index in [9.17, 15) is 4.39 Å². The molecular weight excluding hydrogens is 311 g/mol. The van der Waals surface area contributed by atoms with E-state index in [0.29, 0.717) is 6.54 Å². The molecule has 0 radical (unpaired) electrons. The number of rotatable bonds is 3. The number of hydrogen-bond acceptors (Lipinski definition) is 4. The van der Waals surface area contributed by atoms with Crippen LogP contribution in [-0.4, -0.2) is 14.8 Å². The summed E-state index contributed by atoms with van der Waals surface area (Å²) in [6, 6.07) is 6.48. The molecule has 0 aliphatic rings. The Morgan fingerprint density at radius 3 is 2.48 bits per heavy atom. The van der Waals surface area contributed by atoms with Crippen molar-refractivity contribution in [3.63, 3.8) is 0 Å². The van der Waals surface area contributed by atoms with Crippen LogP contribution in [0.1, 0.15) is 26.5 Å². The van der Waals surface area contributed by atoms with Gasteiger partial charge in [0.1, 0.15) is 10.8 Å². The Kier molecular flexibility index (Phi) is 4.04. The van der Waals surface area contributed by atoms with Crippen LogP contribution in [0.5, 0.6) is 0 Å². The van der Waals surface area contributed by atoms with Crippen molar-refractivity contribution in [1.29, 1.82) is 0 Å². The molecule has 120 valence electrons. The van der Waals surface area contributed by atoms with Crippen LogP contribution in [0.2, 0.25) is 0 Å². The van der Waals surface area contributed by atoms with Crippen LogP contribution in [-0.2, 0) is 12.1 Å². The first-order valence-electron chi connectivity index (χ1n) is 7.39. The van der Waals surface area contributed by atoms with Gasteiger partial charge in [0.05, 0.1) is 28.7 Å². The van der Waals surface area contributed by atoms with E-state index < -0.39 is 0 Å². The zero-order valence-electron chi connectivity index (χ0n) is 13.4. The second kappa shape index (κ2) is 5.86. The van der Waals surface area contributed by atoms with Crippen LogP contribution < -0.4 is 5.73 Å². The van der Waals surface area contributed by atoms with E-state index in [-0.39, 0.29) is 11.4 Å². The summed E-state index contributed by atoms with van der Waals surface area (Å²) >= 11 is 1.54. The van der Waals surface area contributed by atoms with E-state index in [1.807, 2.05) is 16.3 Å². The van der Waals surface area contributed by atoms with E-state index in [4.69, 9.17) is 5.73 Å². The van der Waals surface area contributed by atoms with E-state index in [0.717, 1.165) is 27.5 Å². The Labute approximate surface area is 138 Å². The first kappa shape index (κ1) is 15.8. The summed E-state index contributed by atoms with van der Waals surface area (Å²) in [5.41, 5.74) is 9.12. The van der Waals surface area contributed by atoms with Gasteiger partial charge in [-0.2, -0.15) is 5.10 Å². The molecule has 3 aromatic rings. The molecule has 0 aliphatic heterocycles. The highest BCUT2D eigenvalue weighted by Crippen LogP contribution is 2.36. The Hall–Kier alpha value is -2.05. The Morgan fingerprint density at radius 2 is 1.91 bits per heavy atom. The van der Waals surface area contributed by atoms with Crippen molar-refractivity contribution in [3.05, 3.63) is 47.4 Å². The Morgan fingerprint density at radius 1 is 1.22 bits per heavy atom. The second-order valence-electron chi connectivity index (χ2n) is 6.34. The average Bonchev–Trinajstić information content (AvgIpc) is 3.13. The minimum Gasteiger partial charge on any atom is -0.325 e. The SMILES string of the molecule is CC(C)(C)n1ncc(-c2nc(CN)cs2)c1-c1ccc(F)cc1. The lowest BCUT2D eigenvalue weighted by atomic mass is 10.0. The molecule has 0 bridgehead atoms. The molecule has 0 saturated heterocycles. The zero-order valence-corrected chi connectivity index (χ0v) is 14.2. The number of nitrogens with two attached hydrogens (primary N) is 1. The third-order valence-corrected chi connectivity index (χ3v) is 4.44. The molecule has 0 spiro atoms. The molecule has 0 atom stereocenters. The summed E-state index contributed by atoms with van der Waals surface area (Å²) in [5.74, 6) is -0.253. The predicted octanol–water partition coefficient (Wildman–Crippen LogP) is 4.03. The molecule has 2 heterocycles. The molecule has 3 rings (SSSR count). The molecule has 0 fully saturated rings. The largest absolute Gasteiger partial charge is 0.325 e. The second-order valence-corrected chi connectivity index (χ2v) is 7.20. The van der Waals surface area contributed by atoms with Crippen LogP contribution in [0.25, 0.3) is 21.8 Å². The fraction of sp³-hybridized carbons (Fsp3) is 0.294. The van der Waals surface area contributed by atoms with Crippen LogP contribution in [0.15, 0.2) is 35.8 Å². The molecule has 0 unspecified atom stereocenters. The summed E-state index contributed by atoms with van der Waals surface area (Å²) in [6.45, 7) is 6.67. The monoisotopic (exact) mass is 330 g/mol. The minimum absolute atomic E-state index is 0.198. The highest BCUT2D eigenvalue weighted by Gasteiger charge is 2.24. The van der Waals surface area contributed by atoms with E-state index in [1.165, 1.54) is 12.1 Å². The summed E-state index contributed by atoms with van der Waals surface area (Å²) in [5, 5.41) is 7.39. The molecule has 0 aliphatic carbocycles. The quantitative estimate of drug-likeness (QED) is 0.789. The van der Waals surface area contributed by atoms with Gasteiger partial charge in [-0.05, 0) is 45.0 Å². The summed E-state index contributed by atoms with van der Waals surface area (Å²) in [7, 11) is 0. The standard InChI is InChI=1S/C17H19FN4S/c1-17(2,3)22-15(11-4-6-12(18)7-5-11)14(9-20-22)16-21-13(8-19)10-23-16/h4-7,9-10H,8,19H2,1-3H3. The third kappa shape index (κ3) is 3.04. The van der Waals surface area contributed by atoms with Gasteiger partial charge >= 0.3 is 0 Å². The van der Waals surface area contributed by atoms with Gasteiger partial charge in [0, 0.05) is 17.5 Å². The van der Waals surface area contributed by atoms with Crippen molar-refractivity contribution in [3.8, 4) is 21.8 Å². The zero-order chi connectivity index (χ0) is 16.6. The van der Waals surface area contributed by atoms with Crippen LogP contribution in [0, 0.1) is 5.82 Å². The van der Waals surface area contributed by atoms with Gasteiger partial charge < -0.3 is 5.73 Å². The summed E-state index contributed by atoms with van der Waals surface area (Å²) in [4.78, 5) is 4.56. The maximum Gasteiger partial charge on any atom is 0.127 e. The number of aromatic nitrogens is 3. The molecule has 6 heteroatoms. The van der Waals surface area contributed by atoms with E-state index in [1.54, 1.807) is 23.5 Å². The van der Waals surface area contributed by atoms with Crippen molar-refractivity contribution in [2.45, 2.75) is 32.9 Å². The van der Waals surface area contributed by atoms with Crippen LogP contribution in [0.4, 0.5) is 4.39 Å². The molecule has 1 aromatic carbocycles. The van der Waals surface area contributed by atoms with Gasteiger partial charge in [0.25, 0.3) is 0 Å². The van der Waals surface area contributed by atoms with Crippen molar-refractivity contribution in [2.24, 2.45) is 5.73 Å². The number of thiazole rings is 1. The van der Waals surface area contributed by atoms with Gasteiger partial charge in [-0.15, -0.1) is 11.3 Å². The number of nitrogens with zero attached hydrogens (tertiary/aromatic N) is 3. The Bertz CT molecular complexity index is 812. The molecule has 2 N–H and O–H groups in total. The number of benzene rings is 1. The third-order valence-electron chi connectivity index (χ3n) is 3.51. The fourth-order valence-electron chi connectivity index (χ4n) is 2.42. The van der Waals surface area contributed by atoms with Crippen molar-refractivity contribution >= 4 is 11.3 Å². The molecular formula is C17H19FN4S. The van der Waals surface area contributed by atoms with Gasteiger partial charge in [-0.1, -0.05) is 0 Å². The van der Waals surface area contributed by atoms with E-state index in [2.05, 4.69) is 30.9 Å². The van der Waals surface area contributed by atoms with Crippen LogP contribution >= 0.6 is 11.3 Å². The number of halogens is 1. The normalized spacial score (nSPS) is 11.9. The molecule has 0 amide bonds. The predicted molar refractivity (Wildman–Crippen MR) is 91.6 cm³/mol. The van der Waals surface area contributed by atoms with Crippen molar-refractivity contribution in [1.82, 2.24) is 14.8 Å². The first-order valence-corrected chi connectivity index (χ1v) is 8.27. The lowest BCUT2D eigenvalue weighted by molar-refractivity contribution is 0.360. The lowest BCUT2D eigenvalue weighted by Crippen LogP contribution is -2.24.